The van der Waals surface area contributed by atoms with E-state index in [1.807, 2.05) is 24.3 Å². The average Bonchev–Trinajstić information content (AvgIpc) is 2.48. The maximum atomic E-state index is 10.4. The van der Waals surface area contributed by atoms with E-state index in [2.05, 4.69) is 6.92 Å². The maximum absolute atomic E-state index is 10.4. The highest BCUT2D eigenvalue weighted by Crippen LogP contribution is 2.25. The number of nitrogens with two attached hydrogens (primary N) is 1. The molecule has 3 N–H and O–H groups in total. The first kappa shape index (κ1) is 17.0. The third-order valence-electron chi connectivity index (χ3n) is 3.84. The molecule has 0 heterocycles. The number of aliphatic hydroxyl groups is 1. The van der Waals surface area contributed by atoms with Crippen LogP contribution in [0.3, 0.4) is 0 Å². The van der Waals surface area contributed by atoms with Gasteiger partial charge in [0.2, 0.25) is 0 Å². The second-order valence-corrected chi connectivity index (χ2v) is 5.39. The highest BCUT2D eigenvalue weighted by Gasteiger charge is 2.19. The highest BCUT2D eigenvalue weighted by atomic mass is 16.5. The van der Waals surface area contributed by atoms with E-state index in [1.165, 1.54) is 25.7 Å². The summed E-state index contributed by atoms with van der Waals surface area (Å²) in [4.78, 5) is 0. The lowest BCUT2D eigenvalue weighted by Crippen LogP contribution is -2.25. The monoisotopic (exact) mass is 279 g/mol. The number of rotatable bonds is 10. The first-order valence-electron chi connectivity index (χ1n) is 7.75. The van der Waals surface area contributed by atoms with E-state index in [0.717, 1.165) is 24.2 Å². The molecule has 0 radical (unpaired) electrons. The molecule has 0 aromatic heterocycles. The number of aliphatic hydroxyl groups excluding tert-OH is 1. The van der Waals surface area contributed by atoms with Crippen molar-refractivity contribution in [1.29, 1.82) is 0 Å². The summed E-state index contributed by atoms with van der Waals surface area (Å²) in [5, 5.41) is 10.4. The Labute approximate surface area is 123 Å². The average molecular weight is 279 g/mol. The van der Waals surface area contributed by atoms with Crippen molar-refractivity contribution in [3.8, 4) is 5.75 Å². The van der Waals surface area contributed by atoms with Crippen LogP contribution in [0, 0.1) is 0 Å². The summed E-state index contributed by atoms with van der Waals surface area (Å²) < 4.78 is 5.23. The smallest absolute Gasteiger partial charge is 0.119 e. The Hall–Kier alpha value is -1.06. The fraction of sp³-hybridized carbons (Fsp3) is 0.647. The zero-order valence-electron chi connectivity index (χ0n) is 12.8. The number of ether oxygens (including phenoxy) is 1. The van der Waals surface area contributed by atoms with Gasteiger partial charge in [-0.2, -0.15) is 0 Å². The summed E-state index contributed by atoms with van der Waals surface area (Å²) in [7, 11) is 1.65. The molecule has 0 fully saturated rings. The molecule has 0 bridgehead atoms. The topological polar surface area (TPSA) is 55.5 Å². The molecule has 0 aliphatic carbocycles. The lowest BCUT2D eigenvalue weighted by molar-refractivity contribution is 0.132. The molecular formula is C17H29NO2. The number of unbranched alkanes of at least 4 members (excludes halogenated alkanes) is 4. The molecule has 0 aliphatic rings. The molecule has 3 nitrogen and oxygen atoms in total. The van der Waals surface area contributed by atoms with Crippen molar-refractivity contribution in [3.63, 3.8) is 0 Å². The van der Waals surface area contributed by atoms with Gasteiger partial charge in [0.1, 0.15) is 5.75 Å². The molecule has 0 saturated heterocycles. The van der Waals surface area contributed by atoms with E-state index in [4.69, 9.17) is 10.5 Å². The van der Waals surface area contributed by atoms with E-state index < -0.39 is 0 Å². The zero-order valence-corrected chi connectivity index (χ0v) is 12.8. The first-order valence-corrected chi connectivity index (χ1v) is 7.75. The summed E-state index contributed by atoms with van der Waals surface area (Å²) in [6, 6.07) is 7.84. The molecule has 0 aliphatic heterocycles. The number of hydrogen-bond acceptors (Lipinski definition) is 3. The Morgan fingerprint density at radius 1 is 1.20 bits per heavy atom. The van der Waals surface area contributed by atoms with Gasteiger partial charge in [-0.1, -0.05) is 51.2 Å². The van der Waals surface area contributed by atoms with E-state index in [0.29, 0.717) is 6.54 Å². The molecule has 0 amide bonds. The molecule has 1 rings (SSSR count). The van der Waals surface area contributed by atoms with Gasteiger partial charge in [-0.05, 0) is 24.1 Å². The van der Waals surface area contributed by atoms with Crippen molar-refractivity contribution in [2.45, 2.75) is 57.5 Å². The first-order chi connectivity index (χ1) is 9.72. The molecule has 2 atom stereocenters. The maximum Gasteiger partial charge on any atom is 0.119 e. The van der Waals surface area contributed by atoms with Gasteiger partial charge in [0, 0.05) is 12.5 Å². The third-order valence-corrected chi connectivity index (χ3v) is 3.84. The predicted octanol–water partition coefficient (Wildman–Crippen LogP) is 3.46. The van der Waals surface area contributed by atoms with Crippen LogP contribution >= 0.6 is 0 Å². The summed E-state index contributed by atoms with van der Waals surface area (Å²) in [5.74, 6) is 0.812. The molecule has 20 heavy (non-hydrogen) atoms. The van der Waals surface area contributed by atoms with Crippen LogP contribution in [-0.4, -0.2) is 24.9 Å². The second-order valence-electron chi connectivity index (χ2n) is 5.39. The van der Waals surface area contributed by atoms with Crippen molar-refractivity contribution in [2.24, 2.45) is 5.73 Å². The summed E-state index contributed by atoms with van der Waals surface area (Å²) in [5.41, 5.74) is 6.91. The number of benzene rings is 1. The van der Waals surface area contributed by atoms with Crippen LogP contribution in [0.5, 0.6) is 5.75 Å². The molecule has 2 unspecified atom stereocenters. The molecule has 1 aromatic rings. The van der Waals surface area contributed by atoms with E-state index in [9.17, 15) is 5.11 Å². The van der Waals surface area contributed by atoms with Crippen LogP contribution in [0.2, 0.25) is 0 Å². The molecule has 1 aromatic carbocycles. The van der Waals surface area contributed by atoms with Crippen molar-refractivity contribution in [2.75, 3.05) is 13.7 Å². The minimum absolute atomic E-state index is 0.00345. The van der Waals surface area contributed by atoms with Crippen LogP contribution in [0.25, 0.3) is 0 Å². The van der Waals surface area contributed by atoms with Gasteiger partial charge in [0.15, 0.2) is 0 Å². The van der Waals surface area contributed by atoms with Gasteiger partial charge in [-0.3, -0.25) is 0 Å². The summed E-state index contributed by atoms with van der Waals surface area (Å²) in [6.07, 6.45) is 6.51. The highest BCUT2D eigenvalue weighted by molar-refractivity contribution is 5.31. The van der Waals surface area contributed by atoms with Crippen LogP contribution in [0.4, 0.5) is 0 Å². The van der Waals surface area contributed by atoms with Gasteiger partial charge in [-0.15, -0.1) is 0 Å². The lowest BCUT2D eigenvalue weighted by atomic mass is 9.90. The SMILES string of the molecule is CCCCCCCC(O)C(CN)c1cccc(OC)c1. The fourth-order valence-electron chi connectivity index (χ4n) is 2.55. The molecule has 0 spiro atoms. The zero-order chi connectivity index (χ0) is 14.8. The Balaban J connectivity index is 2.51. The van der Waals surface area contributed by atoms with Gasteiger partial charge >= 0.3 is 0 Å². The summed E-state index contributed by atoms with van der Waals surface area (Å²) >= 11 is 0. The van der Waals surface area contributed by atoms with Gasteiger partial charge < -0.3 is 15.6 Å². The molecule has 3 heteroatoms. The van der Waals surface area contributed by atoms with Crippen LogP contribution in [0.15, 0.2) is 24.3 Å². The van der Waals surface area contributed by atoms with Gasteiger partial charge in [-0.25, -0.2) is 0 Å². The molecule has 114 valence electrons. The lowest BCUT2D eigenvalue weighted by Gasteiger charge is -2.22. The van der Waals surface area contributed by atoms with Crippen molar-refractivity contribution in [3.05, 3.63) is 29.8 Å². The normalized spacial score (nSPS) is 14.0. The Morgan fingerprint density at radius 2 is 1.95 bits per heavy atom. The Bertz CT molecular complexity index is 368. The number of methoxy groups -OCH3 is 1. The standard InChI is InChI=1S/C17H29NO2/c1-3-4-5-6-7-11-17(19)16(13-18)14-9-8-10-15(12-14)20-2/h8-10,12,16-17,19H,3-7,11,13,18H2,1-2H3. The van der Waals surface area contributed by atoms with E-state index in [1.54, 1.807) is 7.11 Å². The van der Waals surface area contributed by atoms with Crippen molar-refractivity contribution in [1.82, 2.24) is 0 Å². The van der Waals surface area contributed by atoms with Crippen molar-refractivity contribution < 1.29 is 9.84 Å². The van der Waals surface area contributed by atoms with Crippen LogP contribution in [0.1, 0.15) is 56.9 Å². The summed E-state index contributed by atoms with van der Waals surface area (Å²) in [6.45, 7) is 2.67. The van der Waals surface area contributed by atoms with Crippen molar-refractivity contribution >= 4 is 0 Å². The largest absolute Gasteiger partial charge is 0.497 e. The second kappa shape index (κ2) is 9.78. The van der Waals surface area contributed by atoms with Crippen LogP contribution in [-0.2, 0) is 0 Å². The van der Waals surface area contributed by atoms with Gasteiger partial charge in [0.05, 0.1) is 13.2 Å². The van der Waals surface area contributed by atoms with Crippen LogP contribution < -0.4 is 10.5 Å². The number of hydrogen-bond donors (Lipinski definition) is 2. The van der Waals surface area contributed by atoms with E-state index >= 15 is 0 Å². The minimum Gasteiger partial charge on any atom is -0.497 e. The Kier molecular flexibility index (Phi) is 8.31. The quantitative estimate of drug-likeness (QED) is 0.645. The Morgan fingerprint density at radius 3 is 2.60 bits per heavy atom. The van der Waals surface area contributed by atoms with Gasteiger partial charge in [0.25, 0.3) is 0 Å². The molecular weight excluding hydrogens is 250 g/mol. The predicted molar refractivity (Wildman–Crippen MR) is 84.2 cm³/mol. The fourth-order valence-corrected chi connectivity index (χ4v) is 2.55. The minimum atomic E-state index is -0.367. The van der Waals surface area contributed by atoms with E-state index in [-0.39, 0.29) is 12.0 Å². The third kappa shape index (κ3) is 5.51. The molecule has 0 saturated carbocycles.